The standard InChI is InChI=1S/C18H15Cl2N5O3S/c1-2-24-17(21-16(26)13-9-12(25(27)28)7-8-15(13)20)22-23-18(24)29-10-11-5-3-4-6-14(11)19/h3-9H,2,10H2,1H3,(H,21,22,26). The monoisotopic (exact) mass is 451 g/mol. The van der Waals surface area contributed by atoms with Crippen LogP contribution in [0.2, 0.25) is 10.0 Å². The van der Waals surface area contributed by atoms with Crippen LogP contribution in [-0.4, -0.2) is 25.6 Å². The van der Waals surface area contributed by atoms with Gasteiger partial charge >= 0.3 is 0 Å². The summed E-state index contributed by atoms with van der Waals surface area (Å²) in [5.41, 5.74) is 0.711. The van der Waals surface area contributed by atoms with E-state index in [9.17, 15) is 14.9 Å². The van der Waals surface area contributed by atoms with E-state index in [0.29, 0.717) is 22.5 Å². The third kappa shape index (κ3) is 4.87. The van der Waals surface area contributed by atoms with Gasteiger partial charge in [0.2, 0.25) is 5.95 Å². The van der Waals surface area contributed by atoms with Crippen molar-refractivity contribution in [2.45, 2.75) is 24.4 Å². The molecule has 0 aliphatic carbocycles. The Balaban J connectivity index is 1.78. The zero-order chi connectivity index (χ0) is 21.0. The number of amides is 1. The van der Waals surface area contributed by atoms with E-state index in [2.05, 4.69) is 15.5 Å². The first-order valence-electron chi connectivity index (χ1n) is 8.45. The molecular weight excluding hydrogens is 437 g/mol. The van der Waals surface area contributed by atoms with Crippen LogP contribution in [0.15, 0.2) is 47.6 Å². The van der Waals surface area contributed by atoms with Crippen molar-refractivity contribution in [3.63, 3.8) is 0 Å². The molecule has 150 valence electrons. The number of benzene rings is 2. The van der Waals surface area contributed by atoms with Crippen LogP contribution in [0.25, 0.3) is 0 Å². The highest BCUT2D eigenvalue weighted by Crippen LogP contribution is 2.28. The van der Waals surface area contributed by atoms with Gasteiger partial charge in [0, 0.05) is 29.5 Å². The van der Waals surface area contributed by atoms with Crippen LogP contribution < -0.4 is 5.32 Å². The van der Waals surface area contributed by atoms with Gasteiger partial charge < -0.3 is 0 Å². The van der Waals surface area contributed by atoms with Gasteiger partial charge in [-0.2, -0.15) is 0 Å². The van der Waals surface area contributed by atoms with Crippen LogP contribution in [0.3, 0.4) is 0 Å². The van der Waals surface area contributed by atoms with Crippen molar-refractivity contribution in [3.05, 3.63) is 73.8 Å². The first-order chi connectivity index (χ1) is 13.9. The maximum absolute atomic E-state index is 12.6. The highest BCUT2D eigenvalue weighted by molar-refractivity contribution is 7.98. The second kappa shape index (κ2) is 9.25. The zero-order valence-corrected chi connectivity index (χ0v) is 17.5. The topological polar surface area (TPSA) is 103 Å². The molecule has 3 rings (SSSR count). The summed E-state index contributed by atoms with van der Waals surface area (Å²) in [5, 5.41) is 23.1. The molecule has 0 bridgehead atoms. The normalized spacial score (nSPS) is 10.7. The SMILES string of the molecule is CCn1c(NC(=O)c2cc([N+](=O)[O-])ccc2Cl)nnc1SCc1ccccc1Cl. The fraction of sp³-hybridized carbons (Fsp3) is 0.167. The Bertz CT molecular complexity index is 1070. The van der Waals surface area contributed by atoms with Crippen molar-refractivity contribution in [1.29, 1.82) is 0 Å². The molecule has 2 aromatic carbocycles. The number of rotatable bonds is 7. The Kier molecular flexibility index (Phi) is 6.73. The van der Waals surface area contributed by atoms with Crippen LogP contribution in [0.4, 0.5) is 11.6 Å². The number of thioether (sulfide) groups is 1. The van der Waals surface area contributed by atoms with E-state index in [1.54, 1.807) is 4.57 Å². The Labute approximate surface area is 180 Å². The van der Waals surface area contributed by atoms with Crippen LogP contribution in [0, 0.1) is 10.1 Å². The lowest BCUT2D eigenvalue weighted by Crippen LogP contribution is -2.16. The second-order valence-corrected chi connectivity index (χ2v) is 7.56. The quantitative estimate of drug-likeness (QED) is 0.306. The van der Waals surface area contributed by atoms with Crippen molar-refractivity contribution in [1.82, 2.24) is 14.8 Å². The van der Waals surface area contributed by atoms with Crippen molar-refractivity contribution in [2.24, 2.45) is 0 Å². The predicted octanol–water partition coefficient (Wildman–Crippen LogP) is 5.06. The summed E-state index contributed by atoms with van der Waals surface area (Å²) < 4.78 is 1.73. The number of nitrogens with one attached hydrogen (secondary N) is 1. The smallest absolute Gasteiger partial charge is 0.270 e. The summed E-state index contributed by atoms with van der Waals surface area (Å²) in [5.74, 6) is 0.202. The van der Waals surface area contributed by atoms with Crippen molar-refractivity contribution in [3.8, 4) is 0 Å². The average Bonchev–Trinajstić information content (AvgIpc) is 3.08. The van der Waals surface area contributed by atoms with Gasteiger partial charge in [-0.3, -0.25) is 24.8 Å². The molecule has 1 aromatic heterocycles. The maximum atomic E-state index is 12.6. The van der Waals surface area contributed by atoms with Gasteiger partial charge in [-0.05, 0) is 24.6 Å². The van der Waals surface area contributed by atoms with Gasteiger partial charge in [0.25, 0.3) is 11.6 Å². The number of nitro groups is 1. The molecule has 8 nitrogen and oxygen atoms in total. The molecule has 1 N–H and O–H groups in total. The third-order valence-electron chi connectivity index (χ3n) is 3.98. The summed E-state index contributed by atoms with van der Waals surface area (Å²) in [7, 11) is 0. The molecule has 0 aliphatic heterocycles. The lowest BCUT2D eigenvalue weighted by Gasteiger charge is -2.09. The number of nitro benzene ring substituents is 1. The second-order valence-electron chi connectivity index (χ2n) is 5.81. The molecule has 1 heterocycles. The lowest BCUT2D eigenvalue weighted by molar-refractivity contribution is -0.384. The fourth-order valence-electron chi connectivity index (χ4n) is 2.50. The van der Waals surface area contributed by atoms with Crippen LogP contribution in [0.1, 0.15) is 22.8 Å². The molecule has 11 heteroatoms. The summed E-state index contributed by atoms with van der Waals surface area (Å²) >= 11 is 13.6. The number of hydrogen-bond acceptors (Lipinski definition) is 6. The number of halogens is 2. The van der Waals surface area contributed by atoms with E-state index in [1.165, 1.54) is 23.9 Å². The number of non-ortho nitro benzene ring substituents is 1. The zero-order valence-electron chi connectivity index (χ0n) is 15.1. The molecule has 0 unspecified atom stereocenters. The van der Waals surface area contributed by atoms with Crippen LogP contribution >= 0.6 is 35.0 Å². The number of hydrogen-bond donors (Lipinski definition) is 1. The van der Waals surface area contributed by atoms with Gasteiger partial charge in [-0.15, -0.1) is 10.2 Å². The van der Waals surface area contributed by atoms with E-state index in [1.807, 2.05) is 31.2 Å². The molecule has 3 aromatic rings. The van der Waals surface area contributed by atoms with Crippen LogP contribution in [0.5, 0.6) is 0 Å². The number of nitrogens with zero attached hydrogens (tertiary/aromatic N) is 4. The Hall–Kier alpha value is -2.62. The lowest BCUT2D eigenvalue weighted by atomic mass is 10.2. The number of aromatic nitrogens is 3. The highest BCUT2D eigenvalue weighted by Gasteiger charge is 2.19. The maximum Gasteiger partial charge on any atom is 0.270 e. The van der Waals surface area contributed by atoms with Gasteiger partial charge in [0.15, 0.2) is 5.16 Å². The van der Waals surface area contributed by atoms with Gasteiger partial charge in [-0.25, -0.2) is 0 Å². The molecule has 1 amide bonds. The third-order valence-corrected chi connectivity index (χ3v) is 5.69. The molecular formula is C18H15Cl2N5O3S. The highest BCUT2D eigenvalue weighted by atomic mass is 35.5. The minimum Gasteiger partial charge on any atom is -0.290 e. The van der Waals surface area contributed by atoms with E-state index >= 15 is 0 Å². The first kappa shape index (κ1) is 21.1. The summed E-state index contributed by atoms with van der Waals surface area (Å²) in [6.45, 7) is 2.40. The number of anilines is 1. The summed E-state index contributed by atoms with van der Waals surface area (Å²) in [4.78, 5) is 22.9. The number of carbonyl (C=O) groups excluding carboxylic acids is 1. The fourth-order valence-corrected chi connectivity index (χ4v) is 3.99. The minimum absolute atomic E-state index is 0.0169. The largest absolute Gasteiger partial charge is 0.290 e. The van der Waals surface area contributed by atoms with Crippen molar-refractivity contribution >= 4 is 52.5 Å². The first-order valence-corrected chi connectivity index (χ1v) is 10.2. The Morgan fingerprint density at radius 2 is 1.97 bits per heavy atom. The molecule has 0 saturated carbocycles. The predicted molar refractivity (Wildman–Crippen MR) is 113 cm³/mol. The van der Waals surface area contributed by atoms with Gasteiger partial charge in [0.1, 0.15) is 0 Å². The summed E-state index contributed by atoms with van der Waals surface area (Å²) in [6.07, 6.45) is 0. The van der Waals surface area contributed by atoms with Crippen molar-refractivity contribution in [2.75, 3.05) is 5.32 Å². The average molecular weight is 452 g/mol. The van der Waals surface area contributed by atoms with Crippen LogP contribution in [-0.2, 0) is 12.3 Å². The molecule has 0 aliphatic rings. The van der Waals surface area contributed by atoms with E-state index in [0.717, 1.165) is 11.6 Å². The molecule has 0 spiro atoms. The van der Waals surface area contributed by atoms with E-state index in [-0.39, 0.29) is 22.2 Å². The molecule has 0 fully saturated rings. The minimum atomic E-state index is -0.608. The van der Waals surface area contributed by atoms with Crippen molar-refractivity contribution < 1.29 is 9.72 Å². The van der Waals surface area contributed by atoms with E-state index < -0.39 is 10.8 Å². The molecule has 0 atom stereocenters. The van der Waals surface area contributed by atoms with Gasteiger partial charge in [-0.1, -0.05) is 53.2 Å². The number of carbonyl (C=O) groups is 1. The Morgan fingerprint density at radius 1 is 1.21 bits per heavy atom. The Morgan fingerprint density at radius 3 is 2.66 bits per heavy atom. The van der Waals surface area contributed by atoms with E-state index in [4.69, 9.17) is 23.2 Å². The summed E-state index contributed by atoms with van der Waals surface area (Å²) in [6, 6.07) is 11.2. The molecule has 29 heavy (non-hydrogen) atoms. The molecule has 0 saturated heterocycles. The molecule has 0 radical (unpaired) electrons. The van der Waals surface area contributed by atoms with Gasteiger partial charge in [0.05, 0.1) is 15.5 Å².